The summed E-state index contributed by atoms with van der Waals surface area (Å²) in [6, 6.07) is 0. The molecule has 4 rings (SSSR count). The first-order chi connectivity index (χ1) is 10.8. The van der Waals surface area contributed by atoms with Crippen molar-refractivity contribution >= 4 is 38.6 Å². The largest absolute Gasteiger partial charge is 0.352 e. The Morgan fingerprint density at radius 3 is 2.59 bits per heavy atom. The molecule has 1 saturated heterocycles. The third-order valence-electron chi connectivity index (χ3n) is 3.74. The Balaban J connectivity index is 1.57. The highest BCUT2D eigenvalue weighted by molar-refractivity contribution is 9.10. The zero-order valence-electron chi connectivity index (χ0n) is 11.6. The van der Waals surface area contributed by atoms with Gasteiger partial charge in [-0.2, -0.15) is 5.10 Å². The van der Waals surface area contributed by atoms with Crippen LogP contribution in [0.1, 0.15) is 0 Å². The molecule has 0 amide bonds. The van der Waals surface area contributed by atoms with E-state index in [4.69, 9.17) is 0 Å². The van der Waals surface area contributed by atoms with Crippen molar-refractivity contribution < 1.29 is 0 Å². The third kappa shape index (κ3) is 2.27. The number of aromatic nitrogens is 6. The van der Waals surface area contributed by atoms with E-state index < -0.39 is 0 Å². The second-order valence-electron chi connectivity index (χ2n) is 4.97. The Kier molecular flexibility index (Phi) is 3.34. The number of H-pyrrole nitrogens is 1. The van der Waals surface area contributed by atoms with Crippen molar-refractivity contribution in [3.05, 3.63) is 29.5 Å². The predicted molar refractivity (Wildman–Crippen MR) is 85.8 cm³/mol. The number of nitrogens with one attached hydrogen (secondary N) is 1. The number of halogens is 1. The minimum Gasteiger partial charge on any atom is -0.352 e. The van der Waals surface area contributed by atoms with Crippen LogP contribution in [0.5, 0.6) is 0 Å². The van der Waals surface area contributed by atoms with Crippen LogP contribution in [0.2, 0.25) is 0 Å². The van der Waals surface area contributed by atoms with Crippen LogP contribution in [0.15, 0.2) is 29.5 Å². The van der Waals surface area contributed by atoms with Crippen LogP contribution in [0, 0.1) is 0 Å². The fourth-order valence-electron chi connectivity index (χ4n) is 2.65. The lowest BCUT2D eigenvalue weighted by atomic mass is 10.3. The smallest absolute Gasteiger partial charge is 0.187 e. The Morgan fingerprint density at radius 2 is 1.82 bits per heavy atom. The van der Waals surface area contributed by atoms with Gasteiger partial charge in [-0.25, -0.2) is 15.0 Å². The van der Waals surface area contributed by atoms with Crippen LogP contribution in [-0.4, -0.2) is 56.3 Å². The lowest BCUT2D eigenvalue weighted by Crippen LogP contribution is -2.47. The molecule has 0 unspecified atom stereocenters. The maximum atomic E-state index is 4.44. The summed E-state index contributed by atoms with van der Waals surface area (Å²) < 4.78 is 0.814. The molecule has 0 radical (unpaired) electrons. The normalized spacial score (nSPS) is 15.5. The minimum atomic E-state index is 0.674. The van der Waals surface area contributed by atoms with E-state index in [0.717, 1.165) is 47.8 Å². The molecule has 1 fully saturated rings. The van der Waals surface area contributed by atoms with E-state index in [0.29, 0.717) is 5.65 Å². The Morgan fingerprint density at radius 1 is 1.00 bits per heavy atom. The number of rotatable bonds is 2. The van der Waals surface area contributed by atoms with Crippen LogP contribution in [0.4, 0.5) is 11.6 Å². The third-order valence-corrected chi connectivity index (χ3v) is 4.31. The molecule has 0 aromatic carbocycles. The summed E-state index contributed by atoms with van der Waals surface area (Å²) in [7, 11) is 0. The first kappa shape index (κ1) is 13.4. The second kappa shape index (κ2) is 5.48. The van der Waals surface area contributed by atoms with Crippen LogP contribution >= 0.6 is 15.9 Å². The number of hydrogen-bond donors (Lipinski definition) is 1. The molecular formula is C13H13BrN8. The van der Waals surface area contributed by atoms with Crippen LogP contribution in [-0.2, 0) is 0 Å². The minimum absolute atomic E-state index is 0.674. The molecule has 3 aromatic rings. The highest BCUT2D eigenvalue weighted by Crippen LogP contribution is 2.29. The molecule has 0 spiro atoms. The SMILES string of the molecule is Brc1[nH]nc2ncnc(N3CCN(c4cnccn4)CC3)c12. The van der Waals surface area contributed by atoms with E-state index in [9.17, 15) is 0 Å². The maximum Gasteiger partial charge on any atom is 0.187 e. The average molecular weight is 361 g/mol. The van der Waals surface area contributed by atoms with Gasteiger partial charge < -0.3 is 9.80 Å². The lowest BCUT2D eigenvalue weighted by molar-refractivity contribution is 0.642. The van der Waals surface area contributed by atoms with Gasteiger partial charge in [-0.3, -0.25) is 10.1 Å². The van der Waals surface area contributed by atoms with E-state index in [1.165, 1.54) is 0 Å². The van der Waals surface area contributed by atoms with Gasteiger partial charge in [0.2, 0.25) is 0 Å². The molecule has 3 aromatic heterocycles. The molecule has 1 N–H and O–H groups in total. The molecule has 22 heavy (non-hydrogen) atoms. The molecule has 0 aliphatic carbocycles. The van der Waals surface area contributed by atoms with Crippen molar-refractivity contribution in [2.24, 2.45) is 0 Å². The first-order valence-electron chi connectivity index (χ1n) is 6.93. The van der Waals surface area contributed by atoms with Gasteiger partial charge in [0.05, 0.1) is 11.6 Å². The summed E-state index contributed by atoms with van der Waals surface area (Å²) in [5.74, 6) is 1.82. The molecule has 112 valence electrons. The van der Waals surface area contributed by atoms with Crippen molar-refractivity contribution in [2.45, 2.75) is 0 Å². The zero-order chi connectivity index (χ0) is 14.9. The summed E-state index contributed by atoms with van der Waals surface area (Å²) in [6.45, 7) is 3.47. The van der Waals surface area contributed by atoms with Crippen LogP contribution in [0.3, 0.4) is 0 Å². The maximum absolute atomic E-state index is 4.44. The quantitative estimate of drug-likeness (QED) is 0.735. The summed E-state index contributed by atoms with van der Waals surface area (Å²) in [6.07, 6.45) is 6.76. The monoisotopic (exact) mass is 360 g/mol. The van der Waals surface area contributed by atoms with E-state index in [2.05, 4.69) is 55.9 Å². The summed E-state index contributed by atoms with van der Waals surface area (Å²) >= 11 is 3.48. The number of nitrogens with zero attached hydrogens (tertiary/aromatic N) is 7. The number of hydrogen-bond acceptors (Lipinski definition) is 7. The van der Waals surface area contributed by atoms with Gasteiger partial charge in [-0.1, -0.05) is 0 Å². The highest BCUT2D eigenvalue weighted by atomic mass is 79.9. The van der Waals surface area contributed by atoms with E-state index in [1.807, 2.05) is 0 Å². The van der Waals surface area contributed by atoms with Gasteiger partial charge in [0, 0.05) is 38.6 Å². The molecule has 1 aliphatic rings. The zero-order valence-corrected chi connectivity index (χ0v) is 13.2. The molecule has 1 aliphatic heterocycles. The number of aromatic amines is 1. The lowest BCUT2D eigenvalue weighted by Gasteiger charge is -2.35. The number of anilines is 2. The van der Waals surface area contributed by atoms with Crippen LogP contribution in [0.25, 0.3) is 11.0 Å². The molecule has 4 heterocycles. The van der Waals surface area contributed by atoms with E-state index in [-0.39, 0.29) is 0 Å². The Hall–Kier alpha value is -2.29. The van der Waals surface area contributed by atoms with Crippen molar-refractivity contribution in [3.8, 4) is 0 Å². The van der Waals surface area contributed by atoms with Crippen molar-refractivity contribution in [1.29, 1.82) is 0 Å². The first-order valence-corrected chi connectivity index (χ1v) is 7.73. The fraction of sp³-hybridized carbons (Fsp3) is 0.308. The second-order valence-corrected chi connectivity index (χ2v) is 5.76. The van der Waals surface area contributed by atoms with Gasteiger partial charge >= 0.3 is 0 Å². The van der Waals surface area contributed by atoms with Crippen molar-refractivity contribution in [3.63, 3.8) is 0 Å². The number of fused-ring (bicyclic) bond motifs is 1. The van der Waals surface area contributed by atoms with Crippen molar-refractivity contribution in [1.82, 2.24) is 30.1 Å². The average Bonchev–Trinajstić information content (AvgIpc) is 2.97. The van der Waals surface area contributed by atoms with Gasteiger partial charge in [-0.15, -0.1) is 0 Å². The highest BCUT2D eigenvalue weighted by Gasteiger charge is 2.22. The molecule has 9 heteroatoms. The summed E-state index contributed by atoms with van der Waals surface area (Å²) in [4.78, 5) is 21.6. The van der Waals surface area contributed by atoms with Gasteiger partial charge in [-0.05, 0) is 15.9 Å². The van der Waals surface area contributed by atoms with Crippen LogP contribution < -0.4 is 9.80 Å². The summed E-state index contributed by atoms with van der Waals surface area (Å²) in [5.41, 5.74) is 0.674. The Bertz CT molecular complexity index is 781. The molecule has 0 bridgehead atoms. The van der Waals surface area contributed by atoms with Gasteiger partial charge in [0.25, 0.3) is 0 Å². The molecular weight excluding hydrogens is 348 g/mol. The molecule has 8 nitrogen and oxygen atoms in total. The fourth-order valence-corrected chi connectivity index (χ4v) is 3.09. The van der Waals surface area contributed by atoms with E-state index in [1.54, 1.807) is 24.9 Å². The van der Waals surface area contributed by atoms with Gasteiger partial charge in [0.15, 0.2) is 5.65 Å². The standard InChI is InChI=1S/C13H13BrN8/c14-11-10-12(20-19-11)17-8-18-13(10)22-5-3-21(4-6-22)9-7-15-1-2-16-9/h1-2,7-8H,3-6H2,(H,17,18,19,20). The number of piperazine rings is 1. The van der Waals surface area contributed by atoms with Gasteiger partial charge in [0.1, 0.15) is 22.6 Å². The molecule has 0 saturated carbocycles. The predicted octanol–water partition coefficient (Wildman–Crippen LogP) is 1.23. The van der Waals surface area contributed by atoms with Crippen molar-refractivity contribution in [2.75, 3.05) is 36.0 Å². The molecule has 0 atom stereocenters. The van der Waals surface area contributed by atoms with E-state index >= 15 is 0 Å². The summed E-state index contributed by atoms with van der Waals surface area (Å²) in [5, 5.41) is 7.98. The topological polar surface area (TPSA) is 86.7 Å². The Labute approximate surface area is 134 Å².